The number of halogens is 1. The Morgan fingerprint density at radius 3 is 2.27 bits per heavy atom. The number of benzene rings is 2. The lowest BCUT2D eigenvalue weighted by molar-refractivity contribution is -0.133. The van der Waals surface area contributed by atoms with Crippen LogP contribution >= 0.6 is 11.6 Å². The molecule has 2 aromatic carbocycles. The molecule has 1 unspecified atom stereocenters. The van der Waals surface area contributed by atoms with Gasteiger partial charge in [-0.3, -0.25) is 14.5 Å². The van der Waals surface area contributed by atoms with Crippen molar-refractivity contribution in [3.63, 3.8) is 0 Å². The molecule has 2 aromatic rings. The van der Waals surface area contributed by atoms with E-state index in [9.17, 15) is 9.59 Å². The number of nitrogens with zero attached hydrogens (tertiary/aromatic N) is 2. The number of ketones is 1. The van der Waals surface area contributed by atoms with Crippen molar-refractivity contribution in [2.24, 2.45) is 5.92 Å². The summed E-state index contributed by atoms with van der Waals surface area (Å²) in [6.45, 7) is 3.89. The summed E-state index contributed by atoms with van der Waals surface area (Å²) in [5, 5.41) is 0.687. The van der Waals surface area contributed by atoms with Gasteiger partial charge in [-0.1, -0.05) is 23.7 Å². The lowest BCUT2D eigenvalue weighted by Crippen LogP contribution is -2.43. The van der Waals surface area contributed by atoms with Gasteiger partial charge in [0.25, 0.3) is 0 Å². The molecule has 1 aliphatic rings. The highest BCUT2D eigenvalue weighted by Gasteiger charge is 2.28. The molecule has 0 aliphatic carbocycles. The monoisotopic (exact) mass is 428 g/mol. The third kappa shape index (κ3) is 5.41. The first kappa shape index (κ1) is 22.3. The molecule has 1 aliphatic heterocycles. The van der Waals surface area contributed by atoms with E-state index in [0.29, 0.717) is 11.6 Å². The van der Waals surface area contributed by atoms with Crippen LogP contribution in [0.25, 0.3) is 0 Å². The minimum atomic E-state index is -0.0241. The second-order valence-electron chi connectivity index (χ2n) is 7.88. The Morgan fingerprint density at radius 1 is 1.10 bits per heavy atom. The summed E-state index contributed by atoms with van der Waals surface area (Å²) in [6, 6.07) is 14.8. The normalized spacial score (nSPS) is 16.1. The van der Waals surface area contributed by atoms with Crippen molar-refractivity contribution < 1.29 is 14.3 Å². The average Bonchev–Trinajstić information content (AvgIpc) is 2.78. The number of rotatable bonds is 7. The summed E-state index contributed by atoms with van der Waals surface area (Å²) >= 11 is 5.96. The zero-order valence-corrected chi connectivity index (χ0v) is 18.6. The number of likely N-dealkylation sites (N-methyl/N-ethyl adjacent to an activating group) is 1. The highest BCUT2D eigenvalue weighted by Crippen LogP contribution is 2.24. The first-order valence-electron chi connectivity index (χ1n) is 10.3. The van der Waals surface area contributed by atoms with Crippen molar-refractivity contribution in [2.75, 3.05) is 33.8 Å². The molecule has 30 heavy (non-hydrogen) atoms. The van der Waals surface area contributed by atoms with Gasteiger partial charge in [0.05, 0.1) is 19.7 Å². The summed E-state index contributed by atoms with van der Waals surface area (Å²) in [7, 11) is 3.45. The minimum Gasteiger partial charge on any atom is -0.497 e. The van der Waals surface area contributed by atoms with Crippen LogP contribution in [-0.2, 0) is 4.79 Å². The number of amides is 1. The fourth-order valence-electron chi connectivity index (χ4n) is 3.83. The van der Waals surface area contributed by atoms with Crippen LogP contribution < -0.4 is 4.74 Å². The van der Waals surface area contributed by atoms with Crippen molar-refractivity contribution >= 4 is 23.3 Å². The Hall–Kier alpha value is -2.37. The SMILES string of the molecule is COc1ccc(C(=O)C2CCN(CC(=O)N(C)C(C)c3ccc(Cl)cc3)CC2)cc1. The summed E-state index contributed by atoms with van der Waals surface area (Å²) in [4.78, 5) is 29.5. The molecule has 0 saturated carbocycles. The van der Waals surface area contributed by atoms with Crippen molar-refractivity contribution in [3.8, 4) is 5.75 Å². The molecule has 0 radical (unpaired) electrons. The summed E-state index contributed by atoms with van der Waals surface area (Å²) in [6.07, 6.45) is 1.54. The van der Waals surface area contributed by atoms with Gasteiger partial charge >= 0.3 is 0 Å². The lowest BCUT2D eigenvalue weighted by Gasteiger charge is -2.33. The van der Waals surface area contributed by atoms with E-state index < -0.39 is 0 Å². The molecule has 1 fully saturated rings. The third-order valence-electron chi connectivity index (χ3n) is 6.02. The fourth-order valence-corrected chi connectivity index (χ4v) is 3.95. The smallest absolute Gasteiger partial charge is 0.236 e. The highest BCUT2D eigenvalue weighted by atomic mass is 35.5. The Bertz CT molecular complexity index is 859. The van der Waals surface area contributed by atoms with Gasteiger partial charge < -0.3 is 9.64 Å². The van der Waals surface area contributed by atoms with Crippen LogP contribution in [0.2, 0.25) is 5.02 Å². The zero-order valence-electron chi connectivity index (χ0n) is 17.8. The Morgan fingerprint density at radius 2 is 1.70 bits per heavy atom. The molecular weight excluding hydrogens is 400 g/mol. The third-order valence-corrected chi connectivity index (χ3v) is 6.27. The largest absolute Gasteiger partial charge is 0.497 e. The van der Waals surface area contributed by atoms with Crippen molar-refractivity contribution in [2.45, 2.75) is 25.8 Å². The maximum absolute atomic E-state index is 12.8. The van der Waals surface area contributed by atoms with Gasteiger partial charge in [0.1, 0.15) is 5.75 Å². The van der Waals surface area contributed by atoms with Crippen molar-refractivity contribution in [1.82, 2.24) is 9.80 Å². The zero-order chi connectivity index (χ0) is 21.7. The van der Waals surface area contributed by atoms with E-state index in [1.54, 1.807) is 12.0 Å². The van der Waals surface area contributed by atoms with E-state index >= 15 is 0 Å². The van der Waals surface area contributed by atoms with Gasteiger partial charge in [-0.05, 0) is 74.8 Å². The number of methoxy groups -OCH3 is 1. The Kier molecular flexibility index (Phi) is 7.51. The molecule has 1 amide bonds. The lowest BCUT2D eigenvalue weighted by atomic mass is 9.89. The number of hydrogen-bond acceptors (Lipinski definition) is 4. The first-order valence-corrected chi connectivity index (χ1v) is 10.7. The van der Waals surface area contributed by atoms with Gasteiger partial charge in [-0.2, -0.15) is 0 Å². The van der Waals surface area contributed by atoms with E-state index in [4.69, 9.17) is 16.3 Å². The van der Waals surface area contributed by atoms with Gasteiger partial charge in [0, 0.05) is 23.6 Å². The first-order chi connectivity index (χ1) is 14.4. The molecule has 0 spiro atoms. The molecule has 0 aromatic heterocycles. The predicted molar refractivity (Wildman–Crippen MR) is 119 cm³/mol. The molecule has 1 saturated heterocycles. The number of Topliss-reactive ketones (excluding diaryl/α,β-unsaturated/α-hetero) is 1. The number of ether oxygens (including phenoxy) is 1. The maximum Gasteiger partial charge on any atom is 0.236 e. The molecule has 5 nitrogen and oxygen atoms in total. The van der Waals surface area contributed by atoms with E-state index in [-0.39, 0.29) is 23.7 Å². The topological polar surface area (TPSA) is 49.9 Å². The van der Waals surface area contributed by atoms with Crippen LogP contribution in [0, 0.1) is 5.92 Å². The minimum absolute atomic E-state index is 0.00969. The summed E-state index contributed by atoms with van der Waals surface area (Å²) in [5.41, 5.74) is 1.78. The fraction of sp³-hybridized carbons (Fsp3) is 0.417. The van der Waals surface area contributed by atoms with E-state index in [1.807, 2.05) is 62.5 Å². The van der Waals surface area contributed by atoms with E-state index in [2.05, 4.69) is 4.90 Å². The van der Waals surface area contributed by atoms with Crippen molar-refractivity contribution in [3.05, 3.63) is 64.7 Å². The van der Waals surface area contributed by atoms with Crippen LogP contribution in [0.15, 0.2) is 48.5 Å². The molecule has 0 bridgehead atoms. The van der Waals surface area contributed by atoms with Crippen LogP contribution in [0.3, 0.4) is 0 Å². The molecular formula is C24H29ClN2O3. The summed E-state index contributed by atoms with van der Waals surface area (Å²) in [5.74, 6) is 1.02. The average molecular weight is 429 g/mol. The standard InChI is InChI=1S/C24H29ClN2O3/c1-17(18-4-8-21(25)9-5-18)26(2)23(28)16-27-14-12-20(13-15-27)24(29)19-6-10-22(30-3)11-7-19/h4-11,17,20H,12-16H2,1-3H3. The number of piperidine rings is 1. The molecule has 6 heteroatoms. The molecule has 3 rings (SSSR count). The van der Waals surface area contributed by atoms with Crippen LogP contribution in [-0.4, -0.2) is 55.3 Å². The number of hydrogen-bond donors (Lipinski definition) is 0. The molecule has 1 atom stereocenters. The maximum atomic E-state index is 12.8. The number of carbonyl (C=O) groups is 2. The Labute approximate surface area is 183 Å². The number of likely N-dealkylation sites (tertiary alicyclic amines) is 1. The highest BCUT2D eigenvalue weighted by molar-refractivity contribution is 6.30. The van der Waals surface area contributed by atoms with Crippen LogP contribution in [0.4, 0.5) is 0 Å². The van der Waals surface area contributed by atoms with E-state index in [1.165, 1.54) is 0 Å². The van der Waals surface area contributed by atoms with Crippen LogP contribution in [0.1, 0.15) is 41.7 Å². The van der Waals surface area contributed by atoms with Gasteiger partial charge in [0.2, 0.25) is 5.91 Å². The molecule has 1 heterocycles. The van der Waals surface area contributed by atoms with Crippen LogP contribution in [0.5, 0.6) is 5.75 Å². The summed E-state index contributed by atoms with van der Waals surface area (Å²) < 4.78 is 5.16. The molecule has 160 valence electrons. The Balaban J connectivity index is 1.50. The van der Waals surface area contributed by atoms with Gasteiger partial charge in [-0.15, -0.1) is 0 Å². The second kappa shape index (κ2) is 10.1. The molecule has 0 N–H and O–H groups in total. The predicted octanol–water partition coefficient (Wildman–Crippen LogP) is 4.46. The van der Waals surface area contributed by atoms with E-state index in [0.717, 1.165) is 42.8 Å². The van der Waals surface area contributed by atoms with Crippen molar-refractivity contribution in [1.29, 1.82) is 0 Å². The second-order valence-corrected chi connectivity index (χ2v) is 8.31. The number of carbonyl (C=O) groups excluding carboxylic acids is 2. The van der Waals surface area contributed by atoms with Gasteiger partial charge in [0.15, 0.2) is 5.78 Å². The quantitative estimate of drug-likeness (QED) is 0.611. The van der Waals surface area contributed by atoms with Gasteiger partial charge in [-0.25, -0.2) is 0 Å².